The number of benzene rings is 1. The van der Waals surface area contributed by atoms with Gasteiger partial charge in [0.2, 0.25) is 0 Å². The number of nitrogens with zero attached hydrogens (tertiary/aromatic N) is 1. The van der Waals surface area contributed by atoms with Crippen molar-refractivity contribution in [3.8, 4) is 12.3 Å². The highest BCUT2D eigenvalue weighted by atomic mass is 32.2. The van der Waals surface area contributed by atoms with Gasteiger partial charge in [0.15, 0.2) is 0 Å². The summed E-state index contributed by atoms with van der Waals surface area (Å²) in [5.74, 6) is 3.17. The van der Waals surface area contributed by atoms with E-state index in [0.29, 0.717) is 10.8 Å². The van der Waals surface area contributed by atoms with Crippen molar-refractivity contribution in [3.05, 3.63) is 35.4 Å². The molecule has 0 spiro atoms. The van der Waals surface area contributed by atoms with Crippen LogP contribution in [0.2, 0.25) is 0 Å². The maximum absolute atomic E-state index is 10.7. The number of nitrogens with two attached hydrogens (primary N) is 1. The highest BCUT2D eigenvalue weighted by Crippen LogP contribution is 2.24. The molecule has 0 radical (unpaired) electrons. The van der Waals surface area contributed by atoms with Crippen LogP contribution in [0.25, 0.3) is 6.08 Å². The van der Waals surface area contributed by atoms with Crippen molar-refractivity contribution in [2.75, 3.05) is 12.3 Å². The second-order valence-corrected chi connectivity index (χ2v) is 4.93. The fourth-order valence-electron chi connectivity index (χ4n) is 1.48. The summed E-state index contributed by atoms with van der Waals surface area (Å²) in [7, 11) is 0. The molecule has 4 nitrogen and oxygen atoms in total. The molecule has 0 aliphatic heterocycles. The zero-order chi connectivity index (χ0) is 14.3. The molecule has 1 aromatic carbocycles. The molecule has 2 amide bonds. The Labute approximate surface area is 117 Å². The van der Waals surface area contributed by atoms with Crippen LogP contribution in [0.1, 0.15) is 12.5 Å². The van der Waals surface area contributed by atoms with Crippen molar-refractivity contribution in [1.82, 2.24) is 5.06 Å². The van der Waals surface area contributed by atoms with E-state index in [0.717, 1.165) is 16.0 Å². The topological polar surface area (TPSA) is 66.6 Å². The molecule has 0 aliphatic rings. The number of hydroxylamine groups is 2. The fraction of sp³-hybridized carbons (Fsp3) is 0.214. The lowest BCUT2D eigenvalue weighted by Crippen LogP contribution is -2.33. The molecule has 0 atom stereocenters. The molecule has 1 aromatic rings. The summed E-state index contributed by atoms with van der Waals surface area (Å²) >= 11 is 1.57. The first kappa shape index (κ1) is 15.2. The first-order valence-corrected chi connectivity index (χ1v) is 6.61. The van der Waals surface area contributed by atoms with E-state index in [9.17, 15) is 10.0 Å². The minimum atomic E-state index is -0.872. The van der Waals surface area contributed by atoms with E-state index in [2.05, 4.69) is 5.92 Å². The first-order chi connectivity index (χ1) is 9.04. The molecule has 100 valence electrons. The minimum absolute atomic E-state index is 0.0729. The number of hydrogen-bond donors (Lipinski definition) is 2. The Morgan fingerprint density at radius 3 is 2.89 bits per heavy atom. The van der Waals surface area contributed by atoms with Gasteiger partial charge in [0, 0.05) is 4.90 Å². The second kappa shape index (κ2) is 7.52. The third-order valence-electron chi connectivity index (χ3n) is 2.29. The van der Waals surface area contributed by atoms with Crippen molar-refractivity contribution < 1.29 is 10.0 Å². The Balaban J connectivity index is 2.85. The van der Waals surface area contributed by atoms with E-state index in [1.54, 1.807) is 11.8 Å². The van der Waals surface area contributed by atoms with Crippen molar-refractivity contribution in [2.45, 2.75) is 11.8 Å². The lowest BCUT2D eigenvalue weighted by molar-refractivity contribution is -0.0307. The average molecular weight is 276 g/mol. The summed E-state index contributed by atoms with van der Waals surface area (Å²) in [4.78, 5) is 11.8. The summed E-state index contributed by atoms with van der Waals surface area (Å²) in [6.07, 6.45) is 7.14. The van der Waals surface area contributed by atoms with Gasteiger partial charge in [-0.3, -0.25) is 5.21 Å². The third-order valence-corrected chi connectivity index (χ3v) is 3.28. The summed E-state index contributed by atoms with van der Waals surface area (Å²) in [5.41, 5.74) is 6.77. The fourth-order valence-corrected chi connectivity index (χ4v) is 2.18. The van der Waals surface area contributed by atoms with Crippen LogP contribution in [0, 0.1) is 12.3 Å². The van der Waals surface area contributed by atoms with Gasteiger partial charge >= 0.3 is 6.03 Å². The van der Waals surface area contributed by atoms with E-state index in [-0.39, 0.29) is 6.54 Å². The quantitative estimate of drug-likeness (QED) is 0.376. The molecular formula is C14H16N2O2S. The zero-order valence-electron chi connectivity index (χ0n) is 10.7. The SMILES string of the molecule is C#CCSc1ccccc1/C=C(\C)CN(O)C(N)=O. The van der Waals surface area contributed by atoms with Gasteiger partial charge in [-0.25, -0.2) is 9.86 Å². The van der Waals surface area contributed by atoms with E-state index in [1.807, 2.05) is 37.3 Å². The van der Waals surface area contributed by atoms with Crippen LogP contribution in [0.5, 0.6) is 0 Å². The maximum Gasteiger partial charge on any atom is 0.338 e. The normalized spacial score (nSPS) is 10.9. The van der Waals surface area contributed by atoms with Crippen LogP contribution in [0.15, 0.2) is 34.7 Å². The molecule has 0 saturated carbocycles. The lowest BCUT2D eigenvalue weighted by atomic mass is 10.1. The largest absolute Gasteiger partial charge is 0.350 e. The first-order valence-electron chi connectivity index (χ1n) is 5.63. The highest BCUT2D eigenvalue weighted by Gasteiger charge is 2.06. The van der Waals surface area contributed by atoms with Crippen LogP contribution in [-0.4, -0.2) is 28.6 Å². The monoisotopic (exact) mass is 276 g/mol. The average Bonchev–Trinajstić information content (AvgIpc) is 2.37. The molecule has 19 heavy (non-hydrogen) atoms. The zero-order valence-corrected chi connectivity index (χ0v) is 11.5. The van der Waals surface area contributed by atoms with E-state index >= 15 is 0 Å². The number of thioether (sulfide) groups is 1. The second-order valence-electron chi connectivity index (χ2n) is 3.92. The van der Waals surface area contributed by atoms with Crippen LogP contribution >= 0.6 is 11.8 Å². The Morgan fingerprint density at radius 1 is 1.58 bits per heavy atom. The van der Waals surface area contributed by atoms with Gasteiger partial charge in [0.25, 0.3) is 0 Å². The molecule has 0 saturated heterocycles. The van der Waals surface area contributed by atoms with Crippen molar-refractivity contribution >= 4 is 23.9 Å². The molecular weight excluding hydrogens is 260 g/mol. The number of carbonyl (C=O) groups is 1. The van der Waals surface area contributed by atoms with Gasteiger partial charge in [-0.05, 0) is 18.6 Å². The molecule has 0 bridgehead atoms. The number of rotatable bonds is 5. The standard InChI is InChI=1S/C14H16N2O2S/c1-3-8-19-13-7-5-4-6-12(13)9-11(2)10-16(18)14(15)17/h1,4-7,9,18H,8,10H2,2H3,(H2,15,17)/b11-9+. The molecule has 0 fully saturated rings. The number of primary amides is 1. The third kappa shape index (κ3) is 5.08. The van der Waals surface area contributed by atoms with Gasteiger partial charge in [0.1, 0.15) is 0 Å². The lowest BCUT2D eigenvalue weighted by Gasteiger charge is -2.12. The molecule has 3 N–H and O–H groups in total. The summed E-state index contributed by atoms with van der Waals surface area (Å²) < 4.78 is 0. The van der Waals surface area contributed by atoms with E-state index < -0.39 is 6.03 Å². The van der Waals surface area contributed by atoms with E-state index in [4.69, 9.17) is 12.2 Å². The summed E-state index contributed by atoms with van der Waals surface area (Å²) in [6.45, 7) is 1.89. The Hall–Kier alpha value is -1.90. The maximum atomic E-state index is 10.7. The highest BCUT2D eigenvalue weighted by molar-refractivity contribution is 7.99. The van der Waals surface area contributed by atoms with Crippen LogP contribution in [-0.2, 0) is 0 Å². The van der Waals surface area contributed by atoms with Crippen LogP contribution in [0.4, 0.5) is 4.79 Å². The number of carbonyl (C=O) groups excluding carboxylic acids is 1. The summed E-state index contributed by atoms with van der Waals surface area (Å²) in [5, 5.41) is 9.75. The predicted octanol–water partition coefficient (Wildman–Crippen LogP) is 2.59. The molecule has 0 aliphatic carbocycles. The summed E-state index contributed by atoms with van der Waals surface area (Å²) in [6, 6.07) is 6.92. The Morgan fingerprint density at radius 2 is 2.26 bits per heavy atom. The van der Waals surface area contributed by atoms with Gasteiger partial charge < -0.3 is 5.73 Å². The Kier molecular flexibility index (Phi) is 6.00. The van der Waals surface area contributed by atoms with Crippen LogP contribution < -0.4 is 5.73 Å². The number of hydrogen-bond acceptors (Lipinski definition) is 3. The van der Waals surface area contributed by atoms with Crippen LogP contribution in [0.3, 0.4) is 0 Å². The minimum Gasteiger partial charge on any atom is -0.350 e. The molecule has 1 rings (SSSR count). The molecule has 0 unspecified atom stereocenters. The van der Waals surface area contributed by atoms with Gasteiger partial charge in [-0.1, -0.05) is 35.8 Å². The number of terminal acetylenes is 1. The Bertz CT molecular complexity index is 520. The van der Waals surface area contributed by atoms with Gasteiger partial charge in [-0.15, -0.1) is 18.2 Å². The van der Waals surface area contributed by atoms with Crippen molar-refractivity contribution in [3.63, 3.8) is 0 Å². The smallest absolute Gasteiger partial charge is 0.338 e. The van der Waals surface area contributed by atoms with E-state index in [1.165, 1.54) is 0 Å². The molecule has 0 aromatic heterocycles. The van der Waals surface area contributed by atoms with Crippen molar-refractivity contribution in [2.24, 2.45) is 5.73 Å². The number of urea groups is 1. The van der Waals surface area contributed by atoms with Gasteiger partial charge in [-0.2, -0.15) is 0 Å². The number of amides is 2. The molecule has 5 heteroatoms. The van der Waals surface area contributed by atoms with Gasteiger partial charge in [0.05, 0.1) is 12.3 Å². The van der Waals surface area contributed by atoms with Crippen molar-refractivity contribution in [1.29, 1.82) is 0 Å². The predicted molar refractivity (Wildman–Crippen MR) is 77.7 cm³/mol. The molecule has 0 heterocycles.